The number of ether oxygens (including phenoxy) is 1. The fraction of sp³-hybridized carbons (Fsp3) is 0.188. The molecule has 0 aliphatic carbocycles. The molecule has 0 atom stereocenters. The lowest BCUT2D eigenvalue weighted by Gasteiger charge is -2.08. The van der Waals surface area contributed by atoms with Gasteiger partial charge in [0.05, 0.1) is 21.3 Å². The van der Waals surface area contributed by atoms with Gasteiger partial charge in [0.25, 0.3) is 5.91 Å². The maximum atomic E-state index is 12.5. The third-order valence-corrected chi connectivity index (χ3v) is 3.96. The average Bonchev–Trinajstić information content (AvgIpc) is 2.96. The van der Waals surface area contributed by atoms with Crippen molar-refractivity contribution in [3.05, 3.63) is 51.2 Å². The summed E-state index contributed by atoms with van der Waals surface area (Å²) >= 11 is 6.88. The Bertz CT molecular complexity index is 777. The Kier molecular flexibility index (Phi) is 6.12. The Morgan fingerprint density at radius 1 is 1.25 bits per heavy atom. The molecule has 1 aromatic heterocycles. The molecule has 0 aliphatic heterocycles. The second-order valence-corrected chi connectivity index (χ2v) is 6.17. The second kappa shape index (κ2) is 8.08. The van der Waals surface area contributed by atoms with Crippen molar-refractivity contribution in [1.82, 2.24) is 5.32 Å². The summed E-state index contributed by atoms with van der Waals surface area (Å²) in [6, 6.07) is 7.77. The number of carbonyl (C=O) groups excluding carboxylic acids is 1. The summed E-state index contributed by atoms with van der Waals surface area (Å²) in [7, 11) is 0. The highest BCUT2D eigenvalue weighted by molar-refractivity contribution is 7.17. The van der Waals surface area contributed by atoms with E-state index in [-0.39, 0.29) is 24.8 Å². The lowest BCUT2D eigenvalue weighted by molar-refractivity contribution is -0.137. The number of nitrogens with one attached hydrogen (secondary N) is 1. The monoisotopic (exact) mass is 373 g/mol. The maximum absolute atomic E-state index is 12.5. The SMILES string of the molecule is O=C(NCC#CCOc1cccc(C(F)(F)F)c1)c1ccc(Cl)s1. The number of halogens is 4. The molecular formula is C16H11ClF3NO2S. The Morgan fingerprint density at radius 2 is 2.04 bits per heavy atom. The van der Waals surface area contributed by atoms with Gasteiger partial charge in [0.15, 0.2) is 0 Å². The predicted molar refractivity (Wildman–Crippen MR) is 86.4 cm³/mol. The van der Waals surface area contributed by atoms with E-state index in [1.165, 1.54) is 12.1 Å². The second-order valence-electron chi connectivity index (χ2n) is 4.45. The van der Waals surface area contributed by atoms with Crippen molar-refractivity contribution in [2.45, 2.75) is 6.18 Å². The molecule has 126 valence electrons. The van der Waals surface area contributed by atoms with Crippen LogP contribution >= 0.6 is 22.9 Å². The zero-order valence-electron chi connectivity index (χ0n) is 12.1. The summed E-state index contributed by atoms with van der Waals surface area (Å²) < 4.78 is 43.3. The zero-order chi connectivity index (χ0) is 17.6. The zero-order valence-corrected chi connectivity index (χ0v) is 13.7. The molecule has 3 nitrogen and oxygen atoms in total. The number of rotatable bonds is 4. The first-order valence-electron chi connectivity index (χ1n) is 6.65. The van der Waals surface area contributed by atoms with E-state index in [9.17, 15) is 18.0 Å². The molecule has 0 spiro atoms. The van der Waals surface area contributed by atoms with Crippen LogP contribution in [-0.2, 0) is 6.18 Å². The molecule has 0 unspecified atom stereocenters. The molecule has 1 N–H and O–H groups in total. The smallest absolute Gasteiger partial charge is 0.416 e. The first kappa shape index (κ1) is 18.2. The van der Waals surface area contributed by atoms with Crippen molar-refractivity contribution in [3.63, 3.8) is 0 Å². The summed E-state index contributed by atoms with van der Waals surface area (Å²) in [4.78, 5) is 12.2. The van der Waals surface area contributed by atoms with Crippen LogP contribution in [0.4, 0.5) is 13.2 Å². The van der Waals surface area contributed by atoms with Gasteiger partial charge in [0.2, 0.25) is 0 Å². The molecule has 1 heterocycles. The van der Waals surface area contributed by atoms with Gasteiger partial charge in [-0.1, -0.05) is 29.5 Å². The maximum Gasteiger partial charge on any atom is 0.416 e. The van der Waals surface area contributed by atoms with E-state index in [4.69, 9.17) is 16.3 Å². The molecule has 24 heavy (non-hydrogen) atoms. The van der Waals surface area contributed by atoms with Crippen LogP contribution in [0.1, 0.15) is 15.2 Å². The molecule has 0 fully saturated rings. The molecule has 0 aliphatic rings. The van der Waals surface area contributed by atoms with Crippen LogP contribution in [0.15, 0.2) is 36.4 Å². The highest BCUT2D eigenvalue weighted by atomic mass is 35.5. The fourth-order valence-electron chi connectivity index (χ4n) is 1.64. The van der Waals surface area contributed by atoms with Crippen LogP contribution in [0, 0.1) is 11.8 Å². The summed E-state index contributed by atoms with van der Waals surface area (Å²) in [5.74, 6) is 5.05. The standard InChI is InChI=1S/C16H11ClF3NO2S/c17-14-7-6-13(24-14)15(22)21-8-1-2-9-23-12-5-3-4-11(10-12)16(18,19)20/h3-7,10H,8-9H2,(H,21,22). The Balaban J connectivity index is 1.77. The molecule has 2 aromatic rings. The molecular weight excluding hydrogens is 363 g/mol. The number of alkyl halides is 3. The summed E-state index contributed by atoms with van der Waals surface area (Å²) in [5.41, 5.74) is -0.783. The van der Waals surface area contributed by atoms with E-state index >= 15 is 0 Å². The van der Waals surface area contributed by atoms with Crippen LogP contribution < -0.4 is 10.1 Å². The van der Waals surface area contributed by atoms with Crippen LogP contribution in [0.25, 0.3) is 0 Å². The summed E-state index contributed by atoms with van der Waals surface area (Å²) in [5, 5.41) is 2.57. The van der Waals surface area contributed by atoms with Crippen molar-refractivity contribution in [2.75, 3.05) is 13.2 Å². The summed E-state index contributed by atoms with van der Waals surface area (Å²) in [6.07, 6.45) is -4.42. The van der Waals surface area contributed by atoms with Gasteiger partial charge >= 0.3 is 6.18 Å². The first-order valence-corrected chi connectivity index (χ1v) is 7.85. The van der Waals surface area contributed by atoms with E-state index < -0.39 is 11.7 Å². The molecule has 1 amide bonds. The summed E-state index contributed by atoms with van der Waals surface area (Å²) in [6.45, 7) is 0.0162. The predicted octanol–water partition coefficient (Wildman–Crippen LogP) is 4.23. The minimum atomic E-state index is -4.42. The Morgan fingerprint density at radius 3 is 2.71 bits per heavy atom. The van der Waals surface area contributed by atoms with E-state index in [0.717, 1.165) is 23.5 Å². The first-order chi connectivity index (χ1) is 11.4. The number of thiophene rings is 1. The quantitative estimate of drug-likeness (QED) is 0.814. The minimum absolute atomic E-state index is 0.0800. The van der Waals surface area contributed by atoms with Crippen molar-refractivity contribution in [1.29, 1.82) is 0 Å². The largest absolute Gasteiger partial charge is 0.481 e. The number of hydrogen-bond acceptors (Lipinski definition) is 3. The van der Waals surface area contributed by atoms with Gasteiger partial charge < -0.3 is 10.1 Å². The third kappa shape index (κ3) is 5.48. The molecule has 8 heteroatoms. The number of carbonyl (C=O) groups is 1. The van der Waals surface area contributed by atoms with Crippen molar-refractivity contribution in [3.8, 4) is 17.6 Å². The molecule has 0 radical (unpaired) electrons. The van der Waals surface area contributed by atoms with E-state index in [1.54, 1.807) is 12.1 Å². The van der Waals surface area contributed by atoms with Gasteiger partial charge in [-0.25, -0.2) is 0 Å². The normalized spacial score (nSPS) is 10.7. The van der Waals surface area contributed by atoms with Crippen molar-refractivity contribution >= 4 is 28.8 Å². The molecule has 0 saturated heterocycles. The van der Waals surface area contributed by atoms with E-state index in [0.29, 0.717) is 9.21 Å². The number of benzene rings is 1. The highest BCUT2D eigenvalue weighted by Gasteiger charge is 2.30. The van der Waals surface area contributed by atoms with Crippen molar-refractivity contribution in [2.24, 2.45) is 0 Å². The highest BCUT2D eigenvalue weighted by Crippen LogP contribution is 2.31. The Labute approximate surface area is 145 Å². The van der Waals surface area contributed by atoms with Gasteiger partial charge in [0, 0.05) is 0 Å². The fourth-order valence-corrected chi connectivity index (χ4v) is 2.60. The Hall–Kier alpha value is -2.17. The van der Waals surface area contributed by atoms with Gasteiger partial charge in [0.1, 0.15) is 12.4 Å². The van der Waals surface area contributed by atoms with Gasteiger partial charge in [-0.15, -0.1) is 11.3 Å². The van der Waals surface area contributed by atoms with Crippen LogP contribution in [0.3, 0.4) is 0 Å². The van der Waals surface area contributed by atoms with Crippen LogP contribution in [0.2, 0.25) is 4.34 Å². The topological polar surface area (TPSA) is 38.3 Å². The van der Waals surface area contributed by atoms with Crippen molar-refractivity contribution < 1.29 is 22.7 Å². The number of hydrogen-bond donors (Lipinski definition) is 1. The van der Waals surface area contributed by atoms with E-state index in [1.807, 2.05) is 0 Å². The lowest BCUT2D eigenvalue weighted by Crippen LogP contribution is -2.22. The van der Waals surface area contributed by atoms with Gasteiger partial charge in [-0.3, -0.25) is 4.79 Å². The molecule has 0 bridgehead atoms. The lowest BCUT2D eigenvalue weighted by atomic mass is 10.2. The minimum Gasteiger partial charge on any atom is -0.481 e. The molecule has 0 saturated carbocycles. The van der Waals surface area contributed by atoms with Gasteiger partial charge in [-0.2, -0.15) is 13.2 Å². The van der Waals surface area contributed by atoms with E-state index in [2.05, 4.69) is 17.2 Å². The number of amides is 1. The van der Waals surface area contributed by atoms with Gasteiger partial charge in [-0.05, 0) is 30.3 Å². The van der Waals surface area contributed by atoms with Crippen LogP contribution in [-0.4, -0.2) is 19.1 Å². The third-order valence-electron chi connectivity index (χ3n) is 2.73. The molecule has 2 rings (SSSR count). The van der Waals surface area contributed by atoms with Crippen LogP contribution in [0.5, 0.6) is 5.75 Å². The molecule has 1 aromatic carbocycles. The average molecular weight is 374 g/mol.